The Balaban J connectivity index is 2.86. The molecule has 1 aromatic rings. The van der Waals surface area contributed by atoms with Gasteiger partial charge in [0.1, 0.15) is 0 Å². The summed E-state index contributed by atoms with van der Waals surface area (Å²) in [5.41, 5.74) is 6.48. The highest BCUT2D eigenvalue weighted by molar-refractivity contribution is 5.46. The molecule has 5 nitrogen and oxygen atoms in total. The van der Waals surface area contributed by atoms with Gasteiger partial charge in [0.05, 0.1) is 0 Å². The van der Waals surface area contributed by atoms with E-state index >= 15 is 0 Å². The van der Waals surface area contributed by atoms with Gasteiger partial charge in [0.2, 0.25) is 0 Å². The summed E-state index contributed by atoms with van der Waals surface area (Å²) >= 11 is 0. The van der Waals surface area contributed by atoms with Gasteiger partial charge >= 0.3 is 0 Å². The van der Waals surface area contributed by atoms with Gasteiger partial charge in [0.15, 0.2) is 25.1 Å². The van der Waals surface area contributed by atoms with Gasteiger partial charge in [-0.15, -0.1) is 0 Å². The number of benzene rings is 1. The number of hydrogen-bond donors (Lipinski definition) is 1. The van der Waals surface area contributed by atoms with Gasteiger partial charge in [-0.2, -0.15) is 0 Å². The number of rotatable bonds is 7. The lowest BCUT2D eigenvalue weighted by Gasteiger charge is -2.14. The zero-order valence-electron chi connectivity index (χ0n) is 9.56. The molecule has 0 bridgehead atoms. The first-order chi connectivity index (χ1) is 7.83. The molecule has 0 fully saturated rings. The maximum Gasteiger partial charge on any atom is 0.188 e. The average Bonchev–Trinajstić information content (AvgIpc) is 2.33. The Bertz CT molecular complexity index is 317. The molecule has 1 rings (SSSR count). The number of methoxy groups -OCH3 is 2. The largest absolute Gasteiger partial charge is 0.464 e. The van der Waals surface area contributed by atoms with Crippen molar-refractivity contribution in [2.45, 2.75) is 6.54 Å². The fourth-order valence-electron chi connectivity index (χ4n) is 1.24. The molecule has 90 valence electrons. The summed E-state index contributed by atoms with van der Waals surface area (Å²) in [4.78, 5) is 0. The number of hydrogen-bond acceptors (Lipinski definition) is 5. The Labute approximate surface area is 95.1 Å². The molecule has 1 aromatic carbocycles. The van der Waals surface area contributed by atoms with Crippen LogP contribution in [0.15, 0.2) is 18.2 Å². The lowest BCUT2D eigenvalue weighted by molar-refractivity contribution is 0.0317. The van der Waals surface area contributed by atoms with E-state index in [0.29, 0.717) is 18.0 Å². The van der Waals surface area contributed by atoms with Gasteiger partial charge < -0.3 is 24.7 Å². The van der Waals surface area contributed by atoms with E-state index in [0.717, 1.165) is 5.56 Å². The standard InChI is InChI=1S/C11H17NO4/c1-13-7-15-10-5-3-4-9(6-12)11(10)16-8-14-2/h3-5H,6-8,12H2,1-2H3. The maximum absolute atomic E-state index is 5.61. The van der Waals surface area contributed by atoms with Crippen LogP contribution in [0.3, 0.4) is 0 Å². The van der Waals surface area contributed by atoms with Crippen molar-refractivity contribution < 1.29 is 18.9 Å². The molecule has 5 heteroatoms. The van der Waals surface area contributed by atoms with E-state index in [1.165, 1.54) is 0 Å². The van der Waals surface area contributed by atoms with Crippen molar-refractivity contribution in [1.29, 1.82) is 0 Å². The molecule has 0 aliphatic rings. The second kappa shape index (κ2) is 7.05. The van der Waals surface area contributed by atoms with Gasteiger partial charge in [0, 0.05) is 26.3 Å². The van der Waals surface area contributed by atoms with Crippen molar-refractivity contribution in [1.82, 2.24) is 0 Å². The predicted molar refractivity (Wildman–Crippen MR) is 59.3 cm³/mol. The lowest BCUT2D eigenvalue weighted by atomic mass is 10.2. The van der Waals surface area contributed by atoms with E-state index in [1.807, 2.05) is 12.1 Å². The van der Waals surface area contributed by atoms with Crippen molar-refractivity contribution in [3.8, 4) is 11.5 Å². The summed E-state index contributed by atoms with van der Waals surface area (Å²) < 4.78 is 20.5. The van der Waals surface area contributed by atoms with Crippen LogP contribution >= 0.6 is 0 Å². The van der Waals surface area contributed by atoms with Crippen LogP contribution in [-0.2, 0) is 16.0 Å². The summed E-state index contributed by atoms with van der Waals surface area (Å²) in [6.45, 7) is 0.695. The lowest BCUT2D eigenvalue weighted by Crippen LogP contribution is -2.08. The molecule has 0 atom stereocenters. The molecular weight excluding hydrogens is 210 g/mol. The molecule has 0 radical (unpaired) electrons. The van der Waals surface area contributed by atoms with Crippen molar-refractivity contribution >= 4 is 0 Å². The van der Waals surface area contributed by atoms with Crippen LogP contribution in [0.25, 0.3) is 0 Å². The molecule has 0 unspecified atom stereocenters. The van der Waals surface area contributed by atoms with Crippen LogP contribution in [0.5, 0.6) is 11.5 Å². The van der Waals surface area contributed by atoms with Crippen LogP contribution in [0.2, 0.25) is 0 Å². The molecular formula is C11H17NO4. The number of ether oxygens (including phenoxy) is 4. The number of para-hydroxylation sites is 1. The van der Waals surface area contributed by atoms with Crippen LogP contribution in [0.4, 0.5) is 0 Å². The third-order valence-corrected chi connectivity index (χ3v) is 1.93. The molecule has 0 aromatic heterocycles. The molecule has 0 heterocycles. The zero-order valence-corrected chi connectivity index (χ0v) is 9.56. The summed E-state index contributed by atoms with van der Waals surface area (Å²) in [6.07, 6.45) is 0. The fourth-order valence-corrected chi connectivity index (χ4v) is 1.24. The minimum atomic E-state index is 0.153. The SMILES string of the molecule is COCOc1cccc(CN)c1OCOC. The van der Waals surface area contributed by atoms with Crippen molar-refractivity contribution in [3.05, 3.63) is 23.8 Å². The first kappa shape index (κ1) is 12.8. The van der Waals surface area contributed by atoms with Crippen LogP contribution in [0, 0.1) is 0 Å². The Hall–Kier alpha value is -1.30. The summed E-state index contributed by atoms with van der Waals surface area (Å²) in [6, 6.07) is 5.53. The Kier molecular flexibility index (Phi) is 5.63. The summed E-state index contributed by atoms with van der Waals surface area (Å²) in [7, 11) is 3.11. The van der Waals surface area contributed by atoms with Gasteiger partial charge in [-0.3, -0.25) is 0 Å². The third kappa shape index (κ3) is 3.37. The Morgan fingerprint density at radius 3 is 2.38 bits per heavy atom. The van der Waals surface area contributed by atoms with Gasteiger partial charge in [-0.05, 0) is 6.07 Å². The smallest absolute Gasteiger partial charge is 0.188 e. The Morgan fingerprint density at radius 1 is 1.06 bits per heavy atom. The summed E-state index contributed by atoms with van der Waals surface area (Å²) in [5, 5.41) is 0. The highest BCUT2D eigenvalue weighted by Crippen LogP contribution is 2.31. The van der Waals surface area contributed by atoms with E-state index < -0.39 is 0 Å². The van der Waals surface area contributed by atoms with Crippen molar-refractivity contribution in [2.75, 3.05) is 27.8 Å². The van der Waals surface area contributed by atoms with Crippen LogP contribution in [-0.4, -0.2) is 27.8 Å². The molecule has 0 aliphatic carbocycles. The Morgan fingerprint density at radius 2 is 1.75 bits per heavy atom. The second-order valence-electron chi connectivity index (χ2n) is 3.05. The topological polar surface area (TPSA) is 62.9 Å². The minimum Gasteiger partial charge on any atom is -0.464 e. The van der Waals surface area contributed by atoms with E-state index in [9.17, 15) is 0 Å². The molecule has 0 saturated heterocycles. The van der Waals surface area contributed by atoms with E-state index in [4.69, 9.17) is 24.7 Å². The normalized spacial score (nSPS) is 10.2. The van der Waals surface area contributed by atoms with Crippen LogP contribution in [0.1, 0.15) is 5.56 Å². The quantitative estimate of drug-likeness (QED) is 0.707. The van der Waals surface area contributed by atoms with Crippen molar-refractivity contribution in [3.63, 3.8) is 0 Å². The monoisotopic (exact) mass is 227 g/mol. The molecule has 0 amide bonds. The molecule has 2 N–H and O–H groups in total. The average molecular weight is 227 g/mol. The molecule has 16 heavy (non-hydrogen) atoms. The maximum atomic E-state index is 5.61. The van der Waals surface area contributed by atoms with E-state index in [1.54, 1.807) is 20.3 Å². The van der Waals surface area contributed by atoms with Gasteiger partial charge in [-0.25, -0.2) is 0 Å². The van der Waals surface area contributed by atoms with Crippen LogP contribution < -0.4 is 15.2 Å². The molecule has 0 aliphatic heterocycles. The molecule has 0 saturated carbocycles. The van der Waals surface area contributed by atoms with Gasteiger partial charge in [-0.1, -0.05) is 12.1 Å². The second-order valence-corrected chi connectivity index (χ2v) is 3.05. The van der Waals surface area contributed by atoms with E-state index in [-0.39, 0.29) is 13.6 Å². The summed E-state index contributed by atoms with van der Waals surface area (Å²) in [5.74, 6) is 1.20. The highest BCUT2D eigenvalue weighted by Gasteiger charge is 2.09. The predicted octanol–water partition coefficient (Wildman–Crippen LogP) is 1.11. The highest BCUT2D eigenvalue weighted by atomic mass is 16.7. The number of nitrogens with two attached hydrogens (primary N) is 1. The third-order valence-electron chi connectivity index (χ3n) is 1.93. The fraction of sp³-hybridized carbons (Fsp3) is 0.455. The zero-order chi connectivity index (χ0) is 11.8. The first-order valence-electron chi connectivity index (χ1n) is 4.89. The van der Waals surface area contributed by atoms with Crippen molar-refractivity contribution in [2.24, 2.45) is 5.73 Å². The first-order valence-corrected chi connectivity index (χ1v) is 4.89. The van der Waals surface area contributed by atoms with E-state index in [2.05, 4.69) is 0 Å². The minimum absolute atomic E-state index is 0.153. The van der Waals surface area contributed by atoms with Gasteiger partial charge in [0.25, 0.3) is 0 Å². The molecule has 0 spiro atoms.